The Morgan fingerprint density at radius 1 is 0.769 bits per heavy atom. The molecule has 0 unspecified atom stereocenters. The van der Waals surface area contributed by atoms with Crippen LogP contribution < -0.4 is 9.86 Å². The molecule has 0 heterocycles. The van der Waals surface area contributed by atoms with Crippen molar-refractivity contribution in [3.05, 3.63) is 57.6 Å². The number of rotatable bonds is 5. The van der Waals surface area contributed by atoms with Gasteiger partial charge in [0.2, 0.25) is 10.0 Å². The molecule has 0 amide bonds. The average Bonchev–Trinajstić information content (AvgIpc) is 2.51. The fraction of sp³-hybridized carbons (Fsp3) is 0.333. The molecule has 0 fully saturated rings. The predicted molar refractivity (Wildman–Crippen MR) is 104 cm³/mol. The van der Waals surface area contributed by atoms with Crippen LogP contribution in [0.2, 0.25) is 0 Å². The van der Waals surface area contributed by atoms with Gasteiger partial charge in [-0.15, -0.1) is 0 Å². The van der Waals surface area contributed by atoms with E-state index in [1.54, 1.807) is 13.8 Å². The van der Waals surface area contributed by atoms with Crippen molar-refractivity contribution in [3.8, 4) is 0 Å². The van der Waals surface area contributed by atoms with Gasteiger partial charge < -0.3 is 0 Å². The minimum atomic E-state index is -3.78. The van der Waals surface area contributed by atoms with E-state index in [1.807, 2.05) is 20.8 Å². The van der Waals surface area contributed by atoms with Crippen molar-refractivity contribution in [1.82, 2.24) is 0 Å². The zero-order chi connectivity index (χ0) is 19.9. The van der Waals surface area contributed by atoms with Gasteiger partial charge in [-0.2, -0.15) is 0 Å². The Labute approximate surface area is 155 Å². The summed E-state index contributed by atoms with van der Waals surface area (Å²) in [4.78, 5) is 0.284. The number of benzene rings is 2. The van der Waals surface area contributed by atoms with Crippen molar-refractivity contribution in [2.24, 2.45) is 5.14 Å². The standard InChI is InChI=1S/C18H24N2O4S2/c1-11-12(2)14(4)18(15(5)13(11)3)26(23,24)20-17-8-6-16(7-9-17)10-25(19,21)22/h6-9,20H,10H2,1-5H3,(H2,19,21,22). The number of nitrogens with two attached hydrogens (primary N) is 1. The summed E-state index contributed by atoms with van der Waals surface area (Å²) in [7, 11) is -7.41. The fourth-order valence-electron chi connectivity index (χ4n) is 2.98. The van der Waals surface area contributed by atoms with Gasteiger partial charge in [-0.3, -0.25) is 4.72 Å². The highest BCUT2D eigenvalue weighted by atomic mass is 32.2. The first-order valence-corrected chi connectivity index (χ1v) is 11.2. The van der Waals surface area contributed by atoms with Crippen molar-refractivity contribution in [2.75, 3.05) is 4.72 Å². The van der Waals surface area contributed by atoms with Crippen LogP contribution in [0, 0.1) is 34.6 Å². The monoisotopic (exact) mass is 396 g/mol. The van der Waals surface area contributed by atoms with Crippen LogP contribution >= 0.6 is 0 Å². The molecule has 0 aromatic heterocycles. The second-order valence-corrected chi connectivity index (χ2v) is 9.80. The molecule has 6 nitrogen and oxygen atoms in total. The summed E-state index contributed by atoms with van der Waals surface area (Å²) >= 11 is 0. The van der Waals surface area contributed by atoms with Gasteiger partial charge in [0.15, 0.2) is 0 Å². The van der Waals surface area contributed by atoms with Gasteiger partial charge in [-0.25, -0.2) is 22.0 Å². The number of hydrogen-bond donors (Lipinski definition) is 2. The highest BCUT2D eigenvalue weighted by Crippen LogP contribution is 2.30. The third-order valence-electron chi connectivity index (χ3n) is 4.77. The molecule has 0 saturated carbocycles. The smallest absolute Gasteiger partial charge is 0.262 e. The lowest BCUT2D eigenvalue weighted by molar-refractivity contribution is 0.596. The Hall–Kier alpha value is -1.90. The molecule has 26 heavy (non-hydrogen) atoms. The zero-order valence-corrected chi connectivity index (χ0v) is 17.2. The number of primary sulfonamides is 1. The van der Waals surface area contributed by atoms with E-state index in [4.69, 9.17) is 5.14 Å². The fourth-order valence-corrected chi connectivity index (χ4v) is 5.29. The second-order valence-electron chi connectivity index (χ2n) is 6.56. The molecule has 2 aromatic rings. The summed E-state index contributed by atoms with van der Waals surface area (Å²) in [6.45, 7) is 9.42. The van der Waals surface area contributed by atoms with Gasteiger partial charge in [0, 0.05) is 5.69 Å². The number of sulfonamides is 2. The summed E-state index contributed by atoms with van der Waals surface area (Å²) < 4.78 is 50.7. The van der Waals surface area contributed by atoms with E-state index in [0.717, 1.165) is 27.8 Å². The zero-order valence-electron chi connectivity index (χ0n) is 15.5. The van der Waals surface area contributed by atoms with Crippen LogP contribution in [0.5, 0.6) is 0 Å². The Kier molecular flexibility index (Phi) is 5.51. The third kappa shape index (κ3) is 4.25. The van der Waals surface area contributed by atoms with Crippen molar-refractivity contribution < 1.29 is 16.8 Å². The van der Waals surface area contributed by atoms with E-state index in [1.165, 1.54) is 24.3 Å². The Balaban J connectivity index is 2.42. The van der Waals surface area contributed by atoms with Crippen LogP contribution in [0.1, 0.15) is 33.4 Å². The molecule has 0 spiro atoms. The summed E-state index contributed by atoms with van der Waals surface area (Å²) in [5.41, 5.74) is 5.30. The quantitative estimate of drug-likeness (QED) is 0.810. The first-order chi connectivity index (χ1) is 11.8. The molecule has 3 N–H and O–H groups in total. The maximum absolute atomic E-state index is 12.9. The van der Waals surface area contributed by atoms with Crippen molar-refractivity contribution in [1.29, 1.82) is 0 Å². The first-order valence-electron chi connectivity index (χ1n) is 8.02. The highest BCUT2D eigenvalue weighted by Gasteiger charge is 2.23. The van der Waals surface area contributed by atoms with Crippen molar-refractivity contribution in [2.45, 2.75) is 45.3 Å². The van der Waals surface area contributed by atoms with Gasteiger partial charge in [-0.1, -0.05) is 12.1 Å². The van der Waals surface area contributed by atoms with Crippen LogP contribution in [0.3, 0.4) is 0 Å². The molecule has 142 valence electrons. The van der Waals surface area contributed by atoms with Gasteiger partial charge in [-0.05, 0) is 80.1 Å². The number of anilines is 1. The van der Waals surface area contributed by atoms with Crippen LogP contribution in [0.15, 0.2) is 29.2 Å². The van der Waals surface area contributed by atoms with E-state index in [2.05, 4.69) is 4.72 Å². The van der Waals surface area contributed by atoms with Gasteiger partial charge >= 0.3 is 0 Å². The molecule has 0 saturated heterocycles. The topological polar surface area (TPSA) is 106 Å². The Bertz CT molecular complexity index is 1030. The van der Waals surface area contributed by atoms with E-state index >= 15 is 0 Å². The van der Waals surface area contributed by atoms with E-state index in [-0.39, 0.29) is 10.6 Å². The van der Waals surface area contributed by atoms with Crippen LogP contribution in [0.25, 0.3) is 0 Å². The van der Waals surface area contributed by atoms with Gasteiger partial charge in [0.1, 0.15) is 0 Å². The number of hydrogen-bond acceptors (Lipinski definition) is 4. The summed E-state index contributed by atoms with van der Waals surface area (Å²) in [6, 6.07) is 6.12. The van der Waals surface area contributed by atoms with E-state index in [0.29, 0.717) is 11.3 Å². The largest absolute Gasteiger partial charge is 0.280 e. The molecule has 0 aliphatic rings. The highest BCUT2D eigenvalue weighted by molar-refractivity contribution is 7.92. The average molecular weight is 397 g/mol. The van der Waals surface area contributed by atoms with Gasteiger partial charge in [0.05, 0.1) is 10.6 Å². The normalized spacial score (nSPS) is 12.2. The van der Waals surface area contributed by atoms with E-state index in [9.17, 15) is 16.8 Å². The summed E-state index contributed by atoms with van der Waals surface area (Å²) in [5, 5.41) is 5.02. The lowest BCUT2D eigenvalue weighted by Crippen LogP contribution is -2.18. The molecule has 0 bridgehead atoms. The predicted octanol–water partition coefficient (Wildman–Crippen LogP) is 2.82. The number of nitrogens with one attached hydrogen (secondary N) is 1. The molecule has 0 atom stereocenters. The first kappa shape index (κ1) is 20.4. The molecular formula is C18H24N2O4S2. The maximum Gasteiger partial charge on any atom is 0.262 e. The van der Waals surface area contributed by atoms with Crippen LogP contribution in [0.4, 0.5) is 5.69 Å². The van der Waals surface area contributed by atoms with Crippen molar-refractivity contribution >= 4 is 25.7 Å². The van der Waals surface area contributed by atoms with Crippen LogP contribution in [-0.2, 0) is 25.8 Å². The second kappa shape index (κ2) is 7.02. The molecule has 2 aromatic carbocycles. The lowest BCUT2D eigenvalue weighted by atomic mass is 9.95. The van der Waals surface area contributed by atoms with E-state index < -0.39 is 20.0 Å². The van der Waals surface area contributed by atoms with Gasteiger partial charge in [0.25, 0.3) is 10.0 Å². The Morgan fingerprint density at radius 2 is 1.19 bits per heavy atom. The molecule has 0 radical (unpaired) electrons. The Morgan fingerprint density at radius 3 is 1.62 bits per heavy atom. The lowest BCUT2D eigenvalue weighted by Gasteiger charge is -2.19. The molecule has 2 rings (SSSR count). The maximum atomic E-state index is 12.9. The van der Waals surface area contributed by atoms with Crippen molar-refractivity contribution in [3.63, 3.8) is 0 Å². The summed E-state index contributed by atoms with van der Waals surface area (Å²) in [6.07, 6.45) is 0. The molecule has 0 aliphatic heterocycles. The minimum Gasteiger partial charge on any atom is -0.280 e. The summed E-state index contributed by atoms with van der Waals surface area (Å²) in [5.74, 6) is -0.297. The molecule has 8 heteroatoms. The third-order valence-corrected chi connectivity index (χ3v) is 7.16. The minimum absolute atomic E-state index is 0.284. The SMILES string of the molecule is Cc1c(C)c(C)c(S(=O)(=O)Nc2ccc(CS(N)(=O)=O)cc2)c(C)c1C. The van der Waals surface area contributed by atoms with Crippen LogP contribution in [-0.4, -0.2) is 16.8 Å². The molecular weight excluding hydrogens is 372 g/mol. The molecule has 0 aliphatic carbocycles.